The van der Waals surface area contributed by atoms with Gasteiger partial charge in [0.2, 0.25) is 5.91 Å². The number of anilines is 1. The first-order valence-corrected chi connectivity index (χ1v) is 10.3. The Bertz CT molecular complexity index is 781. The van der Waals surface area contributed by atoms with Gasteiger partial charge in [0.15, 0.2) is 0 Å². The molecule has 6 heteroatoms. The second-order valence-corrected chi connectivity index (χ2v) is 7.67. The molecule has 4 nitrogen and oxygen atoms in total. The zero-order chi connectivity index (χ0) is 21.8. The SMILES string of the molecule is C=C(Br)/C([CH2-])=C([C-]=O)\C=C/C.COc1cc(NC(=O)C2CC[CH-]CC2)ccc1C.[K+]. The first-order chi connectivity index (χ1) is 13.8. The van der Waals surface area contributed by atoms with Crippen molar-refractivity contribution in [1.82, 2.24) is 0 Å². The number of carbonyl (C=O) groups excluding carboxylic acids is 2. The standard InChI is InChI=1S/C15H20NO2.C9H9BrO.K/c1-11-8-9-13(10-14(11)18-2)16-15(17)12-6-4-3-5-7-12;1-4-5-9(6-11)7(2)8(3)10;/h3,8-10,12H,4-7H2,1-2H3,(H,16,17);4-5H,2-3H2,1H3;/q-1;-2;+1/b;5-4-,9-7+;. The Morgan fingerprint density at radius 1 is 1.40 bits per heavy atom. The van der Waals surface area contributed by atoms with Gasteiger partial charge in [0.25, 0.3) is 0 Å². The summed E-state index contributed by atoms with van der Waals surface area (Å²) in [4.78, 5) is 22.4. The average Bonchev–Trinajstić information content (AvgIpc) is 2.73. The van der Waals surface area contributed by atoms with Crippen LogP contribution in [-0.2, 0) is 9.59 Å². The van der Waals surface area contributed by atoms with Crippen LogP contribution in [0.15, 0.2) is 52.6 Å². The van der Waals surface area contributed by atoms with Gasteiger partial charge < -0.3 is 21.3 Å². The van der Waals surface area contributed by atoms with Gasteiger partial charge in [-0.1, -0.05) is 25.8 Å². The maximum absolute atomic E-state index is 12.1. The Kier molecular flexibility index (Phi) is 15.7. The number of hydrogen-bond acceptors (Lipinski definition) is 3. The number of carbonyl (C=O) groups is 1. The summed E-state index contributed by atoms with van der Waals surface area (Å²) >= 11 is 3.12. The van der Waals surface area contributed by atoms with Gasteiger partial charge in [0, 0.05) is 17.7 Å². The van der Waals surface area contributed by atoms with E-state index in [1.165, 1.54) is 0 Å². The summed E-state index contributed by atoms with van der Waals surface area (Å²) in [5, 5.41) is 2.98. The van der Waals surface area contributed by atoms with Gasteiger partial charge >= 0.3 is 51.4 Å². The van der Waals surface area contributed by atoms with Crippen molar-refractivity contribution in [3.63, 3.8) is 0 Å². The molecule has 1 aliphatic rings. The number of ether oxygens (including phenoxy) is 1. The van der Waals surface area contributed by atoms with Gasteiger partial charge in [0.05, 0.1) is 7.11 Å². The fraction of sp³-hybridized carbons (Fsp3) is 0.333. The van der Waals surface area contributed by atoms with Crippen LogP contribution in [0, 0.1) is 26.2 Å². The molecule has 0 aliphatic heterocycles. The number of aryl methyl sites for hydroxylation is 1. The molecule has 1 N–H and O–H groups in total. The maximum Gasteiger partial charge on any atom is 1.00 e. The molecule has 2 rings (SSSR count). The van der Waals surface area contributed by atoms with Crippen molar-refractivity contribution in [3.8, 4) is 5.75 Å². The number of methoxy groups -OCH3 is 1. The van der Waals surface area contributed by atoms with E-state index in [-0.39, 0.29) is 63.2 Å². The van der Waals surface area contributed by atoms with Crippen molar-refractivity contribution in [2.75, 3.05) is 12.4 Å². The van der Waals surface area contributed by atoms with Gasteiger partial charge in [-0.25, -0.2) is 6.08 Å². The molecule has 158 valence electrons. The van der Waals surface area contributed by atoms with E-state index in [4.69, 9.17) is 4.74 Å². The van der Waals surface area contributed by atoms with Gasteiger partial charge in [-0.05, 0) is 24.8 Å². The summed E-state index contributed by atoms with van der Waals surface area (Å²) in [6, 6.07) is 5.76. The van der Waals surface area contributed by atoms with Crippen LogP contribution in [0.4, 0.5) is 5.69 Å². The number of benzene rings is 1. The third-order valence-electron chi connectivity index (χ3n) is 4.58. The number of nitrogens with one attached hydrogen (secondary N) is 1. The van der Waals surface area contributed by atoms with E-state index in [1.807, 2.05) is 32.0 Å². The number of rotatable bonds is 6. The third kappa shape index (κ3) is 10.1. The fourth-order valence-electron chi connectivity index (χ4n) is 2.84. The van der Waals surface area contributed by atoms with Gasteiger partial charge in [0.1, 0.15) is 5.75 Å². The molecule has 1 amide bonds. The van der Waals surface area contributed by atoms with Crippen LogP contribution >= 0.6 is 15.9 Å². The van der Waals surface area contributed by atoms with Crippen LogP contribution in [-0.4, -0.2) is 19.3 Å². The van der Waals surface area contributed by atoms with Crippen LogP contribution in [0.3, 0.4) is 0 Å². The van der Waals surface area contributed by atoms with E-state index in [1.54, 1.807) is 25.5 Å². The normalized spacial score (nSPS) is 14.5. The van der Waals surface area contributed by atoms with Gasteiger partial charge in [-0.2, -0.15) is 25.5 Å². The van der Waals surface area contributed by atoms with Crippen LogP contribution in [0.5, 0.6) is 5.75 Å². The van der Waals surface area contributed by atoms with Gasteiger partial charge in [-0.3, -0.25) is 22.9 Å². The topological polar surface area (TPSA) is 55.4 Å². The Hall–Kier alpha value is -0.634. The molecular formula is C24H29BrKNO3-2. The van der Waals surface area contributed by atoms with Crippen molar-refractivity contribution < 1.29 is 65.7 Å². The predicted molar refractivity (Wildman–Crippen MR) is 124 cm³/mol. The number of halogens is 1. The van der Waals surface area contributed by atoms with E-state index in [2.05, 4.69) is 41.2 Å². The molecule has 1 saturated carbocycles. The molecular weight excluding hydrogens is 469 g/mol. The summed E-state index contributed by atoms with van der Waals surface area (Å²) in [7, 11) is 1.64. The van der Waals surface area contributed by atoms with Crippen LogP contribution in [0.1, 0.15) is 38.2 Å². The minimum absolute atomic E-state index is 0. The summed E-state index contributed by atoms with van der Waals surface area (Å²) in [5.74, 6) is 1.10. The predicted octanol–water partition coefficient (Wildman–Crippen LogP) is 3.05. The number of allylic oxidation sites excluding steroid dienone is 5. The summed E-state index contributed by atoms with van der Waals surface area (Å²) < 4.78 is 5.86. The molecule has 0 radical (unpaired) electrons. The van der Waals surface area contributed by atoms with Crippen LogP contribution < -0.4 is 61.4 Å². The molecule has 30 heavy (non-hydrogen) atoms. The molecule has 1 aromatic rings. The second-order valence-electron chi connectivity index (χ2n) is 6.71. The molecule has 0 unspecified atom stereocenters. The zero-order valence-corrected chi connectivity index (χ0v) is 23.1. The Balaban J connectivity index is 0.000000612. The monoisotopic (exact) mass is 497 g/mol. The summed E-state index contributed by atoms with van der Waals surface area (Å²) in [6.07, 6.45) is 11.5. The molecule has 0 heterocycles. The summed E-state index contributed by atoms with van der Waals surface area (Å²) in [5.41, 5.74) is 2.88. The molecule has 0 saturated heterocycles. The van der Waals surface area contributed by atoms with Crippen molar-refractivity contribution >= 4 is 33.8 Å². The molecule has 0 bridgehead atoms. The van der Waals surface area contributed by atoms with Crippen LogP contribution in [0.25, 0.3) is 0 Å². The first kappa shape index (κ1) is 29.4. The maximum atomic E-state index is 12.1. The van der Waals surface area contributed by atoms with Crippen molar-refractivity contribution in [3.05, 3.63) is 71.5 Å². The molecule has 1 aromatic carbocycles. The fourth-order valence-corrected chi connectivity index (χ4v) is 3.05. The Morgan fingerprint density at radius 3 is 2.53 bits per heavy atom. The zero-order valence-electron chi connectivity index (χ0n) is 18.4. The molecule has 0 aromatic heterocycles. The van der Waals surface area contributed by atoms with Crippen molar-refractivity contribution in [2.45, 2.75) is 39.5 Å². The molecule has 1 fully saturated rings. The van der Waals surface area contributed by atoms with E-state index in [0.29, 0.717) is 15.6 Å². The largest absolute Gasteiger partial charge is 1.00 e. The van der Waals surface area contributed by atoms with Crippen molar-refractivity contribution in [1.29, 1.82) is 0 Å². The van der Waals surface area contributed by atoms with Gasteiger partial charge in [-0.15, -0.1) is 20.4 Å². The van der Waals surface area contributed by atoms with E-state index in [0.717, 1.165) is 42.7 Å². The molecule has 1 aliphatic carbocycles. The molecule has 0 spiro atoms. The summed E-state index contributed by atoms with van der Waals surface area (Å²) in [6.45, 7) is 11.0. The third-order valence-corrected chi connectivity index (χ3v) is 5.06. The Morgan fingerprint density at radius 2 is 2.03 bits per heavy atom. The second kappa shape index (κ2) is 16.1. The van der Waals surface area contributed by atoms with E-state index >= 15 is 0 Å². The number of hydrogen-bond donors (Lipinski definition) is 1. The van der Waals surface area contributed by atoms with Crippen molar-refractivity contribution in [2.24, 2.45) is 5.92 Å². The molecule has 0 atom stereocenters. The average molecular weight is 499 g/mol. The first-order valence-electron chi connectivity index (χ1n) is 9.53. The Labute approximate surface area is 232 Å². The van der Waals surface area contributed by atoms with E-state index < -0.39 is 0 Å². The number of amides is 1. The quantitative estimate of drug-likeness (QED) is 0.284. The minimum Gasteiger partial charge on any atom is -0.496 e. The minimum atomic E-state index is 0. The van der Waals surface area contributed by atoms with Crippen LogP contribution in [0.2, 0.25) is 0 Å². The smallest absolute Gasteiger partial charge is 0.496 e. The van der Waals surface area contributed by atoms with E-state index in [9.17, 15) is 9.59 Å².